The molecule has 5 heteroatoms. The van der Waals surface area contributed by atoms with Gasteiger partial charge in [0.2, 0.25) is 0 Å². The molecular formula is C17H19Cl3OSi. The summed E-state index contributed by atoms with van der Waals surface area (Å²) in [5, 5.41) is 0. The van der Waals surface area contributed by atoms with Gasteiger partial charge in [-0.15, -0.1) is 33.2 Å². The second-order valence-corrected chi connectivity index (χ2v) is 14.4. The van der Waals surface area contributed by atoms with Gasteiger partial charge in [-0.25, -0.2) is 0 Å². The zero-order chi connectivity index (χ0) is 16.0. The van der Waals surface area contributed by atoms with Gasteiger partial charge in [0, 0.05) is 5.56 Å². The molecule has 2 aromatic rings. The summed E-state index contributed by atoms with van der Waals surface area (Å²) in [4.78, 5) is 0. The molecule has 2 rings (SSSR count). The molecule has 0 saturated heterocycles. The van der Waals surface area contributed by atoms with Crippen LogP contribution >= 0.6 is 33.2 Å². The Morgan fingerprint density at radius 3 is 2.32 bits per heavy atom. The van der Waals surface area contributed by atoms with Crippen molar-refractivity contribution in [3.8, 4) is 16.9 Å². The molecule has 0 spiro atoms. The number of benzene rings is 2. The van der Waals surface area contributed by atoms with E-state index in [0.717, 1.165) is 29.7 Å². The fraction of sp³-hybridized carbons (Fsp3) is 0.294. The molecule has 0 radical (unpaired) electrons. The first kappa shape index (κ1) is 17.7. The van der Waals surface area contributed by atoms with E-state index < -0.39 is 6.00 Å². The second kappa shape index (κ2) is 8.26. The van der Waals surface area contributed by atoms with Crippen molar-refractivity contribution < 1.29 is 4.74 Å². The van der Waals surface area contributed by atoms with Crippen LogP contribution in [0.4, 0.5) is 0 Å². The lowest BCUT2D eigenvalue weighted by molar-refractivity contribution is 0.315. The fourth-order valence-corrected chi connectivity index (χ4v) is 4.07. The van der Waals surface area contributed by atoms with E-state index in [4.69, 9.17) is 38.0 Å². The fourth-order valence-electron chi connectivity index (χ4n) is 2.33. The molecule has 0 aliphatic rings. The third-order valence-corrected chi connectivity index (χ3v) is 6.03. The van der Waals surface area contributed by atoms with Gasteiger partial charge in [0.25, 0.3) is 0 Å². The third kappa shape index (κ3) is 5.20. The molecule has 118 valence electrons. The summed E-state index contributed by atoms with van der Waals surface area (Å²) in [6, 6.07) is 14.6. The first-order chi connectivity index (χ1) is 10.5. The Labute approximate surface area is 147 Å². The van der Waals surface area contributed by atoms with E-state index in [2.05, 4.69) is 37.3 Å². The van der Waals surface area contributed by atoms with Crippen molar-refractivity contribution in [1.82, 2.24) is 0 Å². The maximum atomic E-state index is 6.06. The molecule has 0 saturated carbocycles. The third-order valence-electron chi connectivity index (χ3n) is 3.41. The normalized spacial score (nSPS) is 11.5. The number of aryl methyl sites for hydroxylation is 1. The lowest BCUT2D eigenvalue weighted by Crippen LogP contribution is -2.11. The van der Waals surface area contributed by atoms with Crippen LogP contribution in [0.2, 0.25) is 6.04 Å². The zero-order valence-corrected chi connectivity index (χ0v) is 15.8. The average Bonchev–Trinajstić information content (AvgIpc) is 2.51. The van der Waals surface area contributed by atoms with Crippen LogP contribution in [0, 0.1) is 0 Å². The van der Waals surface area contributed by atoms with Crippen LogP contribution in [-0.4, -0.2) is 12.6 Å². The molecule has 0 aliphatic carbocycles. The Balaban J connectivity index is 2.18. The number of hydrogen-bond acceptors (Lipinski definition) is 1. The first-order valence-corrected chi connectivity index (χ1v) is 12.6. The Morgan fingerprint density at radius 1 is 0.955 bits per heavy atom. The molecule has 0 aliphatic heterocycles. The van der Waals surface area contributed by atoms with E-state index in [1.54, 1.807) is 0 Å². The van der Waals surface area contributed by atoms with Crippen molar-refractivity contribution >= 4 is 39.2 Å². The Kier molecular flexibility index (Phi) is 6.63. The van der Waals surface area contributed by atoms with Crippen LogP contribution in [0.15, 0.2) is 48.5 Å². The van der Waals surface area contributed by atoms with Crippen LogP contribution < -0.4 is 4.74 Å². The van der Waals surface area contributed by atoms with Crippen LogP contribution in [0.1, 0.15) is 18.9 Å². The molecule has 0 fully saturated rings. The summed E-state index contributed by atoms with van der Waals surface area (Å²) in [7, 11) is 0. The van der Waals surface area contributed by atoms with Crippen molar-refractivity contribution in [2.45, 2.75) is 25.8 Å². The molecule has 22 heavy (non-hydrogen) atoms. The topological polar surface area (TPSA) is 9.23 Å². The highest BCUT2D eigenvalue weighted by Gasteiger charge is 2.24. The highest BCUT2D eigenvalue weighted by Crippen LogP contribution is 2.34. The van der Waals surface area contributed by atoms with Gasteiger partial charge in [-0.05, 0) is 30.0 Å². The molecule has 0 unspecified atom stereocenters. The van der Waals surface area contributed by atoms with Crippen molar-refractivity contribution in [3.63, 3.8) is 0 Å². The lowest BCUT2D eigenvalue weighted by atomic mass is 10.0. The molecule has 0 amide bonds. The maximum Gasteiger partial charge on any atom is 0.341 e. The second-order valence-electron chi connectivity index (χ2n) is 5.08. The van der Waals surface area contributed by atoms with Gasteiger partial charge < -0.3 is 4.74 Å². The summed E-state index contributed by atoms with van der Waals surface area (Å²) < 4.78 is 6.06. The number of rotatable bonds is 7. The first-order valence-electron chi connectivity index (χ1n) is 7.38. The summed E-state index contributed by atoms with van der Waals surface area (Å²) >= 11 is 17.7. The Bertz CT molecular complexity index is 597. The highest BCUT2D eigenvalue weighted by atomic mass is 35.8. The van der Waals surface area contributed by atoms with Crippen molar-refractivity contribution in [2.75, 3.05) is 6.61 Å². The van der Waals surface area contributed by atoms with Crippen molar-refractivity contribution in [2.24, 2.45) is 0 Å². The molecule has 0 aromatic heterocycles. The standard InChI is InChI=1S/C17H19Cl3OSi/c1-2-14-10-6-11-16(15-8-4-3-5-9-15)17(14)21-12-7-13-22(18,19)20/h3-6,8-11H,2,7,12-13H2,1H3. The summed E-state index contributed by atoms with van der Waals surface area (Å²) in [6.07, 6.45) is 1.68. The predicted molar refractivity (Wildman–Crippen MR) is 99.5 cm³/mol. The van der Waals surface area contributed by atoms with E-state index >= 15 is 0 Å². The van der Waals surface area contributed by atoms with Gasteiger partial charge in [0.15, 0.2) is 0 Å². The van der Waals surface area contributed by atoms with Gasteiger partial charge in [0.1, 0.15) is 5.75 Å². The average molecular weight is 374 g/mol. The minimum Gasteiger partial charge on any atom is -0.493 e. The minimum atomic E-state index is -2.56. The van der Waals surface area contributed by atoms with Crippen molar-refractivity contribution in [3.05, 3.63) is 54.1 Å². The molecular weight excluding hydrogens is 355 g/mol. The predicted octanol–water partition coefficient (Wildman–Crippen LogP) is 6.34. The van der Waals surface area contributed by atoms with E-state index in [9.17, 15) is 0 Å². The quantitative estimate of drug-likeness (QED) is 0.312. The maximum absolute atomic E-state index is 6.06. The molecule has 0 bridgehead atoms. The van der Waals surface area contributed by atoms with E-state index in [1.165, 1.54) is 5.56 Å². The number of ether oxygens (including phenoxy) is 1. The largest absolute Gasteiger partial charge is 0.493 e. The van der Waals surface area contributed by atoms with Gasteiger partial charge in [0.05, 0.1) is 6.61 Å². The SMILES string of the molecule is CCc1cccc(-c2ccccc2)c1OCCC[Si](Cl)(Cl)Cl. The zero-order valence-electron chi connectivity index (χ0n) is 12.5. The molecule has 2 aromatic carbocycles. The van der Waals surface area contributed by atoms with E-state index in [1.807, 2.05) is 18.2 Å². The number of hydrogen-bond donors (Lipinski definition) is 0. The summed E-state index contributed by atoms with van der Waals surface area (Å²) in [6.45, 7) is 2.70. The van der Waals surface area contributed by atoms with Crippen LogP contribution in [0.25, 0.3) is 11.1 Å². The molecule has 1 nitrogen and oxygen atoms in total. The Morgan fingerprint density at radius 2 is 1.68 bits per heavy atom. The monoisotopic (exact) mass is 372 g/mol. The molecule has 0 N–H and O–H groups in total. The summed E-state index contributed by atoms with van der Waals surface area (Å²) in [5.74, 6) is 0.946. The van der Waals surface area contributed by atoms with Crippen LogP contribution in [-0.2, 0) is 6.42 Å². The van der Waals surface area contributed by atoms with Gasteiger partial charge in [-0.2, -0.15) is 0 Å². The van der Waals surface area contributed by atoms with Crippen molar-refractivity contribution in [1.29, 1.82) is 0 Å². The minimum absolute atomic E-state index is 0.567. The van der Waals surface area contributed by atoms with E-state index in [0.29, 0.717) is 12.7 Å². The molecule has 0 atom stereocenters. The molecule has 0 heterocycles. The highest BCUT2D eigenvalue weighted by molar-refractivity contribution is 7.64. The van der Waals surface area contributed by atoms with Gasteiger partial charge in [-0.1, -0.05) is 55.5 Å². The number of para-hydroxylation sites is 1. The van der Waals surface area contributed by atoms with Gasteiger partial charge >= 0.3 is 6.00 Å². The smallest absolute Gasteiger partial charge is 0.341 e. The Hall–Kier alpha value is -0.673. The summed E-state index contributed by atoms with van der Waals surface area (Å²) in [5.41, 5.74) is 3.47. The number of halogens is 3. The lowest BCUT2D eigenvalue weighted by Gasteiger charge is -2.16. The van der Waals surface area contributed by atoms with E-state index in [-0.39, 0.29) is 0 Å². The van der Waals surface area contributed by atoms with Crippen LogP contribution in [0.3, 0.4) is 0 Å². The van der Waals surface area contributed by atoms with Crippen LogP contribution in [0.5, 0.6) is 5.75 Å². The van der Waals surface area contributed by atoms with Gasteiger partial charge in [-0.3, -0.25) is 0 Å².